The van der Waals surface area contributed by atoms with Gasteiger partial charge in [-0.25, -0.2) is 0 Å². The lowest BCUT2D eigenvalue weighted by Gasteiger charge is -2.61. The molecular formula is C57H47N. The summed E-state index contributed by atoms with van der Waals surface area (Å²) in [6.45, 7) is 4.80. The Kier molecular flexibility index (Phi) is 6.75. The molecule has 0 heterocycles. The van der Waals surface area contributed by atoms with Gasteiger partial charge in [-0.05, 0) is 169 Å². The van der Waals surface area contributed by atoms with Gasteiger partial charge in [0, 0.05) is 27.9 Å². The first kappa shape index (κ1) is 33.1. The summed E-state index contributed by atoms with van der Waals surface area (Å²) >= 11 is 0. The van der Waals surface area contributed by atoms with Crippen molar-refractivity contribution in [1.82, 2.24) is 0 Å². The van der Waals surface area contributed by atoms with Gasteiger partial charge in [-0.3, -0.25) is 0 Å². The van der Waals surface area contributed by atoms with E-state index in [1.165, 1.54) is 115 Å². The van der Waals surface area contributed by atoms with Crippen LogP contribution in [0.3, 0.4) is 0 Å². The Hall–Kier alpha value is -5.92. The summed E-state index contributed by atoms with van der Waals surface area (Å²) in [6, 6.07) is 62.9. The molecule has 0 atom stereocenters. The minimum Gasteiger partial charge on any atom is -0.310 e. The maximum atomic E-state index is 2.65. The van der Waals surface area contributed by atoms with Crippen molar-refractivity contribution in [3.8, 4) is 33.4 Å². The molecule has 4 saturated carbocycles. The van der Waals surface area contributed by atoms with Gasteiger partial charge in [0.05, 0.1) is 0 Å². The van der Waals surface area contributed by atoms with Crippen LogP contribution >= 0.6 is 0 Å². The van der Waals surface area contributed by atoms with E-state index in [-0.39, 0.29) is 10.8 Å². The predicted molar refractivity (Wildman–Crippen MR) is 242 cm³/mol. The first-order chi connectivity index (χ1) is 28.5. The Morgan fingerprint density at radius 3 is 1.83 bits per heavy atom. The minimum absolute atomic E-state index is 0.0959. The summed E-state index contributed by atoms with van der Waals surface area (Å²) in [5, 5.41) is 5.16. The highest BCUT2D eigenvalue weighted by Crippen LogP contribution is 2.69. The molecule has 0 N–H and O–H groups in total. The van der Waals surface area contributed by atoms with Crippen molar-refractivity contribution < 1.29 is 0 Å². The maximum absolute atomic E-state index is 2.65. The third-order valence-corrected chi connectivity index (χ3v) is 15.8. The molecule has 6 aliphatic rings. The van der Waals surface area contributed by atoms with E-state index >= 15 is 0 Å². The first-order valence-corrected chi connectivity index (χ1v) is 21.8. The Morgan fingerprint density at radius 1 is 0.414 bits per heavy atom. The van der Waals surface area contributed by atoms with Gasteiger partial charge in [0.25, 0.3) is 0 Å². The molecule has 6 aliphatic carbocycles. The number of benzene rings is 8. The molecule has 1 spiro atoms. The van der Waals surface area contributed by atoms with Crippen molar-refractivity contribution in [1.29, 1.82) is 0 Å². The van der Waals surface area contributed by atoms with Crippen LogP contribution in [0.15, 0.2) is 164 Å². The van der Waals surface area contributed by atoms with Crippen molar-refractivity contribution in [2.24, 2.45) is 23.7 Å². The second-order valence-electron chi connectivity index (χ2n) is 18.9. The zero-order valence-corrected chi connectivity index (χ0v) is 33.4. The first-order valence-electron chi connectivity index (χ1n) is 21.8. The van der Waals surface area contributed by atoms with Crippen LogP contribution in [0.2, 0.25) is 0 Å². The van der Waals surface area contributed by atoms with Gasteiger partial charge in [0.1, 0.15) is 0 Å². The number of anilines is 3. The molecule has 1 nitrogen and oxygen atoms in total. The third-order valence-electron chi connectivity index (χ3n) is 15.8. The van der Waals surface area contributed by atoms with Gasteiger partial charge in [-0.1, -0.05) is 141 Å². The monoisotopic (exact) mass is 745 g/mol. The molecule has 1 heteroatoms. The van der Waals surface area contributed by atoms with Crippen molar-refractivity contribution in [2.45, 2.75) is 56.8 Å². The summed E-state index contributed by atoms with van der Waals surface area (Å²) < 4.78 is 0. The van der Waals surface area contributed by atoms with Gasteiger partial charge in [0.15, 0.2) is 0 Å². The van der Waals surface area contributed by atoms with Crippen molar-refractivity contribution in [2.75, 3.05) is 4.90 Å². The van der Waals surface area contributed by atoms with E-state index in [9.17, 15) is 0 Å². The third kappa shape index (κ3) is 4.37. The van der Waals surface area contributed by atoms with E-state index in [4.69, 9.17) is 0 Å². The molecule has 0 unspecified atom stereocenters. The Morgan fingerprint density at radius 2 is 1.00 bits per heavy atom. The van der Waals surface area contributed by atoms with Gasteiger partial charge >= 0.3 is 0 Å². The van der Waals surface area contributed by atoms with Gasteiger partial charge < -0.3 is 4.90 Å². The highest BCUT2D eigenvalue weighted by atomic mass is 15.1. The van der Waals surface area contributed by atoms with Gasteiger partial charge in [-0.2, -0.15) is 0 Å². The molecule has 58 heavy (non-hydrogen) atoms. The zero-order valence-electron chi connectivity index (χ0n) is 33.4. The number of hydrogen-bond donors (Lipinski definition) is 0. The number of rotatable bonds is 4. The molecule has 0 amide bonds. The summed E-state index contributed by atoms with van der Waals surface area (Å²) in [5.74, 6) is 3.27. The fourth-order valence-corrected chi connectivity index (χ4v) is 13.8. The summed E-state index contributed by atoms with van der Waals surface area (Å²) in [7, 11) is 0. The molecule has 0 radical (unpaired) electrons. The van der Waals surface area contributed by atoms with Crippen molar-refractivity contribution in [3.63, 3.8) is 0 Å². The second kappa shape index (κ2) is 11.8. The molecule has 4 fully saturated rings. The average molecular weight is 746 g/mol. The summed E-state index contributed by atoms with van der Waals surface area (Å²) in [5.41, 5.74) is 18.0. The lowest BCUT2D eigenvalue weighted by Crippen LogP contribution is -2.55. The topological polar surface area (TPSA) is 3.24 Å². The quantitative estimate of drug-likeness (QED) is 0.162. The Bertz CT molecular complexity index is 2990. The van der Waals surface area contributed by atoms with Gasteiger partial charge in [0.2, 0.25) is 0 Å². The van der Waals surface area contributed by atoms with Crippen LogP contribution < -0.4 is 4.90 Å². The van der Waals surface area contributed by atoms with E-state index in [1.54, 1.807) is 11.1 Å². The predicted octanol–water partition coefficient (Wildman–Crippen LogP) is 15.2. The number of fused-ring (bicyclic) bond motifs is 9. The smallest absolute Gasteiger partial charge is 0.0468 e. The number of hydrogen-bond acceptors (Lipinski definition) is 1. The molecule has 0 aliphatic heterocycles. The van der Waals surface area contributed by atoms with E-state index < -0.39 is 0 Å². The minimum atomic E-state index is -0.0959. The maximum Gasteiger partial charge on any atom is 0.0468 e. The molecular weight excluding hydrogens is 699 g/mol. The zero-order chi connectivity index (χ0) is 38.3. The standard InChI is InChI=1S/C57H47N/c1-56(2)52-19-7-5-16-49(52)51-18-10-17-47(55(51)56)38-12-9-13-42(32-38)58(43-23-25-46-39(33-43)22-21-37-11-3-4-14-45(37)46)44-24-26-50-48-15-6-8-20-53(48)57(54(50)34-44)40-28-35-27-36(30-40)31-41(57)29-35/h3-26,32-36,40-41H,27-31H2,1-2H3. The molecule has 8 aromatic rings. The fourth-order valence-electron chi connectivity index (χ4n) is 13.8. The summed E-state index contributed by atoms with van der Waals surface area (Å²) in [6.07, 6.45) is 7.01. The van der Waals surface area contributed by atoms with E-state index in [2.05, 4.69) is 183 Å². The van der Waals surface area contributed by atoms with Crippen LogP contribution in [0.1, 0.15) is 68.2 Å². The Balaban J connectivity index is 1.02. The molecule has 0 aromatic heterocycles. The molecule has 4 bridgehead atoms. The molecule has 14 rings (SSSR count). The largest absolute Gasteiger partial charge is 0.310 e. The normalized spacial score (nSPS) is 23.9. The highest BCUT2D eigenvalue weighted by molar-refractivity contribution is 6.08. The van der Waals surface area contributed by atoms with Crippen LogP contribution in [-0.2, 0) is 10.8 Å². The van der Waals surface area contributed by atoms with E-state index in [0.29, 0.717) is 0 Å². The van der Waals surface area contributed by atoms with Crippen LogP contribution in [0, 0.1) is 23.7 Å². The molecule has 280 valence electrons. The highest BCUT2D eigenvalue weighted by Gasteiger charge is 2.61. The van der Waals surface area contributed by atoms with Crippen molar-refractivity contribution >= 4 is 38.6 Å². The fraction of sp³-hybridized carbons (Fsp3) is 0.228. The van der Waals surface area contributed by atoms with Crippen LogP contribution in [-0.4, -0.2) is 0 Å². The average Bonchev–Trinajstić information content (AvgIpc) is 3.68. The molecule has 0 saturated heterocycles. The van der Waals surface area contributed by atoms with Crippen LogP contribution in [0.5, 0.6) is 0 Å². The van der Waals surface area contributed by atoms with E-state index in [0.717, 1.165) is 23.7 Å². The van der Waals surface area contributed by atoms with Gasteiger partial charge in [-0.15, -0.1) is 0 Å². The summed E-state index contributed by atoms with van der Waals surface area (Å²) in [4.78, 5) is 2.56. The second-order valence-corrected chi connectivity index (χ2v) is 18.9. The molecule has 8 aromatic carbocycles. The SMILES string of the molecule is CC1(C)c2ccccc2-c2cccc(-c3cccc(N(c4ccc5c(c4)C4(c6ccccc6-5)C5CC6CC(C5)CC4C6)c4ccc5c(ccc6ccccc65)c4)c3)c21. The van der Waals surface area contributed by atoms with Crippen LogP contribution in [0.4, 0.5) is 17.1 Å². The Labute approximate surface area is 342 Å². The van der Waals surface area contributed by atoms with Crippen molar-refractivity contribution in [3.05, 3.63) is 186 Å². The lowest BCUT2D eigenvalue weighted by atomic mass is 9.43. The van der Waals surface area contributed by atoms with E-state index in [1.807, 2.05) is 0 Å². The lowest BCUT2D eigenvalue weighted by molar-refractivity contribution is -0.0399. The number of nitrogens with zero attached hydrogens (tertiary/aromatic N) is 1. The van der Waals surface area contributed by atoms with Crippen LogP contribution in [0.25, 0.3) is 54.9 Å².